The van der Waals surface area contributed by atoms with Crippen LogP contribution in [0.2, 0.25) is 0 Å². The molecule has 3 heterocycles. The lowest BCUT2D eigenvalue weighted by Gasteiger charge is -2.35. The first-order valence-electron chi connectivity index (χ1n) is 9.72. The van der Waals surface area contributed by atoms with E-state index in [1.54, 1.807) is 0 Å². The Morgan fingerprint density at radius 3 is 2.79 bits per heavy atom. The number of aromatic nitrogens is 3. The van der Waals surface area contributed by atoms with Gasteiger partial charge in [0.25, 0.3) is 0 Å². The molecule has 3 aromatic rings. The number of aromatic amines is 1. The average molecular weight is 378 g/mol. The van der Waals surface area contributed by atoms with Crippen molar-refractivity contribution in [3.63, 3.8) is 0 Å². The van der Waals surface area contributed by atoms with E-state index >= 15 is 0 Å². The summed E-state index contributed by atoms with van der Waals surface area (Å²) < 4.78 is 0. The van der Waals surface area contributed by atoms with Gasteiger partial charge >= 0.3 is 6.03 Å². The molecule has 1 aliphatic heterocycles. The lowest BCUT2D eigenvalue weighted by molar-refractivity contribution is 0.132. The van der Waals surface area contributed by atoms with Crippen LogP contribution in [0.3, 0.4) is 0 Å². The van der Waals surface area contributed by atoms with Crippen molar-refractivity contribution in [1.82, 2.24) is 30.1 Å². The number of nitrogens with one attached hydrogen (secondary N) is 2. The van der Waals surface area contributed by atoms with Gasteiger partial charge in [-0.05, 0) is 43.7 Å². The van der Waals surface area contributed by atoms with E-state index in [2.05, 4.69) is 38.2 Å². The monoisotopic (exact) mass is 378 g/mol. The molecule has 0 saturated carbocycles. The summed E-state index contributed by atoms with van der Waals surface area (Å²) in [5.41, 5.74) is 4.17. The molecular weight excluding hydrogens is 352 g/mol. The number of carbonyl (C=O) groups is 1. The minimum absolute atomic E-state index is 0.0402. The minimum Gasteiger partial charge on any atom is -0.340 e. The van der Waals surface area contributed by atoms with Crippen molar-refractivity contribution >= 4 is 17.1 Å². The maximum Gasteiger partial charge on any atom is 0.318 e. The van der Waals surface area contributed by atoms with Gasteiger partial charge in [-0.25, -0.2) is 9.78 Å². The summed E-state index contributed by atoms with van der Waals surface area (Å²) in [6.07, 6.45) is 1.82. The van der Waals surface area contributed by atoms with Crippen molar-refractivity contribution in [1.29, 1.82) is 0 Å². The molecule has 0 spiro atoms. The highest BCUT2D eigenvalue weighted by atomic mass is 16.2. The van der Waals surface area contributed by atoms with E-state index in [1.807, 2.05) is 48.4 Å². The van der Waals surface area contributed by atoms with Gasteiger partial charge in [-0.3, -0.25) is 9.88 Å². The zero-order valence-electron chi connectivity index (χ0n) is 16.4. The molecule has 1 saturated heterocycles. The van der Waals surface area contributed by atoms with Crippen LogP contribution in [-0.2, 0) is 6.54 Å². The van der Waals surface area contributed by atoms with E-state index in [0.717, 1.165) is 42.2 Å². The van der Waals surface area contributed by atoms with Crippen LogP contribution >= 0.6 is 0 Å². The number of pyridine rings is 1. The number of amides is 2. The Kier molecular flexibility index (Phi) is 5.25. The van der Waals surface area contributed by atoms with Crippen LogP contribution in [0.5, 0.6) is 0 Å². The Balaban J connectivity index is 1.31. The maximum atomic E-state index is 12.7. The summed E-state index contributed by atoms with van der Waals surface area (Å²) in [4.78, 5) is 29.2. The topological polar surface area (TPSA) is 77.2 Å². The molecule has 1 atom stereocenters. The number of H-pyrrole nitrogens is 1. The molecular formula is C21H26N6O. The number of nitrogens with zero attached hydrogens (tertiary/aromatic N) is 4. The molecule has 4 rings (SSSR count). The molecule has 1 aliphatic rings. The van der Waals surface area contributed by atoms with Crippen LogP contribution < -0.4 is 5.32 Å². The molecule has 1 fully saturated rings. The number of urea groups is 1. The zero-order chi connectivity index (χ0) is 19.5. The molecule has 28 heavy (non-hydrogen) atoms. The summed E-state index contributed by atoms with van der Waals surface area (Å²) in [5.74, 6) is 0.780. The molecule has 2 N–H and O–H groups in total. The number of hydrogen-bond donors (Lipinski definition) is 2. The van der Waals surface area contributed by atoms with E-state index in [4.69, 9.17) is 0 Å². The SMILES string of the molecule is Cc1ccc2nc(C(C)NC(=O)N3CCN(Cc4ccccn4)CC3)[nH]c2c1. The largest absolute Gasteiger partial charge is 0.340 e. The molecule has 7 heteroatoms. The molecule has 2 amide bonds. The number of rotatable bonds is 4. The molecule has 1 aromatic carbocycles. The van der Waals surface area contributed by atoms with Crippen LogP contribution in [0, 0.1) is 6.92 Å². The fraction of sp³-hybridized carbons (Fsp3) is 0.381. The highest BCUT2D eigenvalue weighted by molar-refractivity contribution is 5.77. The summed E-state index contributed by atoms with van der Waals surface area (Å²) in [6, 6.07) is 11.9. The number of benzene rings is 1. The lowest BCUT2D eigenvalue weighted by atomic mass is 10.2. The van der Waals surface area contributed by atoms with Crippen molar-refractivity contribution in [3.8, 4) is 0 Å². The fourth-order valence-corrected chi connectivity index (χ4v) is 3.52. The quantitative estimate of drug-likeness (QED) is 0.732. The van der Waals surface area contributed by atoms with Crippen LogP contribution in [0.4, 0.5) is 4.79 Å². The smallest absolute Gasteiger partial charge is 0.318 e. The van der Waals surface area contributed by atoms with Gasteiger partial charge in [-0.2, -0.15) is 0 Å². The Bertz CT molecular complexity index is 946. The molecule has 0 aliphatic carbocycles. The second-order valence-corrected chi connectivity index (χ2v) is 7.40. The van der Waals surface area contributed by atoms with E-state index < -0.39 is 0 Å². The maximum absolute atomic E-state index is 12.7. The molecule has 0 radical (unpaired) electrons. The van der Waals surface area contributed by atoms with E-state index in [-0.39, 0.29) is 12.1 Å². The summed E-state index contributed by atoms with van der Waals surface area (Å²) in [5, 5.41) is 3.07. The first kappa shape index (κ1) is 18.4. The number of hydrogen-bond acceptors (Lipinski definition) is 4. The Morgan fingerprint density at radius 1 is 1.21 bits per heavy atom. The fourth-order valence-electron chi connectivity index (χ4n) is 3.52. The molecule has 0 bridgehead atoms. The standard InChI is InChI=1S/C21H26N6O/c1-15-6-7-18-19(13-15)25-20(24-18)16(2)23-21(28)27-11-9-26(10-12-27)14-17-5-3-4-8-22-17/h3-8,13,16H,9-12,14H2,1-2H3,(H,23,28)(H,24,25). The predicted molar refractivity (Wildman–Crippen MR) is 109 cm³/mol. The second-order valence-electron chi connectivity index (χ2n) is 7.40. The van der Waals surface area contributed by atoms with Gasteiger partial charge < -0.3 is 15.2 Å². The van der Waals surface area contributed by atoms with E-state index in [0.29, 0.717) is 13.1 Å². The number of carbonyl (C=O) groups excluding carboxylic acids is 1. The first-order chi connectivity index (χ1) is 13.6. The third-order valence-electron chi connectivity index (χ3n) is 5.18. The Labute approximate surface area is 164 Å². The van der Waals surface area contributed by atoms with Gasteiger partial charge in [-0.15, -0.1) is 0 Å². The van der Waals surface area contributed by atoms with Crippen molar-refractivity contribution in [3.05, 3.63) is 59.7 Å². The molecule has 1 unspecified atom stereocenters. The molecule has 7 nitrogen and oxygen atoms in total. The zero-order valence-corrected chi connectivity index (χ0v) is 16.4. The van der Waals surface area contributed by atoms with E-state index in [1.165, 1.54) is 5.56 Å². The van der Waals surface area contributed by atoms with Gasteiger partial charge in [0, 0.05) is 38.9 Å². The van der Waals surface area contributed by atoms with Crippen molar-refractivity contribution in [2.45, 2.75) is 26.4 Å². The third kappa shape index (κ3) is 4.14. The highest BCUT2D eigenvalue weighted by Crippen LogP contribution is 2.17. The van der Waals surface area contributed by atoms with Crippen molar-refractivity contribution < 1.29 is 4.79 Å². The van der Waals surface area contributed by atoms with Crippen molar-refractivity contribution in [2.24, 2.45) is 0 Å². The van der Waals surface area contributed by atoms with Crippen LogP contribution in [-0.4, -0.2) is 57.0 Å². The van der Waals surface area contributed by atoms with Gasteiger partial charge in [0.1, 0.15) is 5.82 Å². The van der Waals surface area contributed by atoms with Gasteiger partial charge in [-0.1, -0.05) is 12.1 Å². The first-order valence-corrected chi connectivity index (χ1v) is 9.72. The second kappa shape index (κ2) is 7.98. The van der Waals surface area contributed by atoms with Crippen molar-refractivity contribution in [2.75, 3.05) is 26.2 Å². The lowest BCUT2D eigenvalue weighted by Crippen LogP contribution is -2.51. The van der Waals surface area contributed by atoms with Crippen LogP contribution in [0.15, 0.2) is 42.6 Å². The third-order valence-corrected chi connectivity index (χ3v) is 5.18. The number of fused-ring (bicyclic) bond motifs is 1. The van der Waals surface area contributed by atoms with E-state index in [9.17, 15) is 4.79 Å². The van der Waals surface area contributed by atoms with Crippen LogP contribution in [0.25, 0.3) is 11.0 Å². The van der Waals surface area contributed by atoms with Gasteiger partial charge in [0.2, 0.25) is 0 Å². The highest BCUT2D eigenvalue weighted by Gasteiger charge is 2.23. The minimum atomic E-state index is -0.174. The number of piperazine rings is 1. The molecule has 2 aromatic heterocycles. The molecule has 146 valence electrons. The number of aryl methyl sites for hydroxylation is 1. The average Bonchev–Trinajstić information content (AvgIpc) is 3.12. The van der Waals surface area contributed by atoms with Gasteiger partial charge in [0.05, 0.1) is 22.8 Å². The normalized spacial score (nSPS) is 16.3. The van der Waals surface area contributed by atoms with Crippen LogP contribution in [0.1, 0.15) is 30.0 Å². The summed E-state index contributed by atoms with van der Waals surface area (Å²) >= 11 is 0. The van der Waals surface area contributed by atoms with Gasteiger partial charge in [0.15, 0.2) is 0 Å². The predicted octanol–water partition coefficient (Wildman–Crippen LogP) is 2.85. The summed E-state index contributed by atoms with van der Waals surface area (Å²) in [7, 11) is 0. The summed E-state index contributed by atoms with van der Waals surface area (Å²) in [6.45, 7) is 7.96. The Morgan fingerprint density at radius 2 is 2.04 bits per heavy atom. The number of imidazole rings is 1. The Hall–Kier alpha value is -2.93.